The second kappa shape index (κ2) is 6.60. The number of ether oxygens (including phenoxy) is 1. The Morgan fingerprint density at radius 1 is 1.58 bits per heavy atom. The van der Waals surface area contributed by atoms with Gasteiger partial charge in [0, 0.05) is 38.3 Å². The van der Waals surface area contributed by atoms with E-state index in [1.165, 1.54) is 6.07 Å². The van der Waals surface area contributed by atoms with Gasteiger partial charge in [-0.15, -0.1) is 0 Å². The molecule has 19 heavy (non-hydrogen) atoms. The third kappa shape index (κ3) is 4.27. The van der Waals surface area contributed by atoms with Crippen LogP contribution in [0.25, 0.3) is 0 Å². The highest BCUT2D eigenvalue weighted by atomic mass is 16.6. The number of morpholine rings is 1. The first kappa shape index (κ1) is 13.9. The average molecular weight is 265 g/mol. The van der Waals surface area contributed by atoms with Gasteiger partial charge in [-0.25, -0.2) is 0 Å². The van der Waals surface area contributed by atoms with Crippen LogP contribution in [0.3, 0.4) is 0 Å². The Bertz CT molecular complexity index is 439. The van der Waals surface area contributed by atoms with Crippen LogP contribution in [-0.4, -0.2) is 49.2 Å². The summed E-state index contributed by atoms with van der Waals surface area (Å²) in [6.07, 6.45) is 0.192. The summed E-state index contributed by atoms with van der Waals surface area (Å²) in [7, 11) is 2.08. The highest BCUT2D eigenvalue weighted by molar-refractivity contribution is 5.34. The molecule has 0 aromatic heterocycles. The standard InChI is InChI=1S/C13H19N3O3/c1-15-5-6-19-13(10-15)9-14-8-11-3-2-4-12(7-11)16(17)18/h2-4,7,13-14H,5-6,8-10H2,1H3. The summed E-state index contributed by atoms with van der Waals surface area (Å²) >= 11 is 0. The minimum Gasteiger partial charge on any atom is -0.374 e. The SMILES string of the molecule is CN1CCOC(CNCc2cccc([N+](=O)[O-])c2)C1. The molecule has 0 spiro atoms. The van der Waals surface area contributed by atoms with Crippen LogP contribution in [0.2, 0.25) is 0 Å². The molecule has 6 heteroatoms. The fraction of sp³-hybridized carbons (Fsp3) is 0.538. The van der Waals surface area contributed by atoms with Crippen molar-refractivity contribution in [2.24, 2.45) is 0 Å². The third-order valence-electron chi connectivity index (χ3n) is 3.16. The molecular weight excluding hydrogens is 246 g/mol. The molecule has 0 radical (unpaired) electrons. The van der Waals surface area contributed by atoms with Crippen LogP contribution in [0.5, 0.6) is 0 Å². The summed E-state index contributed by atoms with van der Waals surface area (Å²) < 4.78 is 5.64. The number of nitrogens with one attached hydrogen (secondary N) is 1. The van der Waals surface area contributed by atoms with Crippen LogP contribution in [0.1, 0.15) is 5.56 Å². The Hall–Kier alpha value is -1.50. The zero-order valence-electron chi connectivity index (χ0n) is 11.0. The maximum Gasteiger partial charge on any atom is 0.269 e. The number of nitro groups is 1. The van der Waals surface area contributed by atoms with Gasteiger partial charge in [0.15, 0.2) is 0 Å². The van der Waals surface area contributed by atoms with E-state index in [2.05, 4.69) is 17.3 Å². The van der Waals surface area contributed by atoms with Crippen molar-refractivity contribution in [1.82, 2.24) is 10.2 Å². The molecule has 0 amide bonds. The molecule has 0 saturated carbocycles. The van der Waals surface area contributed by atoms with Crippen molar-refractivity contribution < 1.29 is 9.66 Å². The topological polar surface area (TPSA) is 67.6 Å². The van der Waals surface area contributed by atoms with Crippen LogP contribution in [0.4, 0.5) is 5.69 Å². The van der Waals surface area contributed by atoms with E-state index in [4.69, 9.17) is 4.74 Å². The van der Waals surface area contributed by atoms with E-state index in [0.29, 0.717) is 6.54 Å². The second-order valence-corrected chi connectivity index (χ2v) is 4.81. The molecule has 1 aromatic carbocycles. The fourth-order valence-electron chi connectivity index (χ4n) is 2.15. The van der Waals surface area contributed by atoms with E-state index < -0.39 is 0 Å². The first-order valence-corrected chi connectivity index (χ1v) is 6.39. The lowest BCUT2D eigenvalue weighted by Gasteiger charge is -2.30. The van der Waals surface area contributed by atoms with Gasteiger partial charge in [0.2, 0.25) is 0 Å². The van der Waals surface area contributed by atoms with Gasteiger partial charge in [0.25, 0.3) is 5.69 Å². The lowest BCUT2D eigenvalue weighted by Crippen LogP contribution is -2.44. The zero-order valence-corrected chi connectivity index (χ0v) is 11.0. The summed E-state index contributed by atoms with van der Waals surface area (Å²) in [5.74, 6) is 0. The quantitative estimate of drug-likeness (QED) is 0.636. The Kier molecular flexibility index (Phi) is 4.84. The monoisotopic (exact) mass is 265 g/mol. The number of non-ortho nitro benzene ring substituents is 1. The predicted octanol–water partition coefficient (Wildman–Crippen LogP) is 1.01. The van der Waals surface area contributed by atoms with Gasteiger partial charge in [0.05, 0.1) is 17.6 Å². The van der Waals surface area contributed by atoms with Crippen LogP contribution in [0.15, 0.2) is 24.3 Å². The first-order chi connectivity index (χ1) is 9.15. The molecule has 1 N–H and O–H groups in total. The van der Waals surface area contributed by atoms with Gasteiger partial charge < -0.3 is 15.0 Å². The molecule has 1 aliphatic heterocycles. The van der Waals surface area contributed by atoms with Crippen molar-refractivity contribution in [2.75, 3.05) is 33.3 Å². The van der Waals surface area contributed by atoms with Gasteiger partial charge in [-0.2, -0.15) is 0 Å². The normalized spacial score (nSPS) is 20.4. The number of nitro benzene ring substituents is 1. The molecule has 0 bridgehead atoms. The van der Waals surface area contributed by atoms with Crippen LogP contribution in [0, 0.1) is 10.1 Å². The maximum absolute atomic E-state index is 10.7. The fourth-order valence-corrected chi connectivity index (χ4v) is 2.15. The molecule has 6 nitrogen and oxygen atoms in total. The van der Waals surface area contributed by atoms with Crippen LogP contribution < -0.4 is 5.32 Å². The summed E-state index contributed by atoms with van der Waals surface area (Å²) in [6, 6.07) is 6.69. The largest absolute Gasteiger partial charge is 0.374 e. The van der Waals surface area contributed by atoms with E-state index >= 15 is 0 Å². The van der Waals surface area contributed by atoms with E-state index in [0.717, 1.165) is 31.8 Å². The highest BCUT2D eigenvalue weighted by Crippen LogP contribution is 2.12. The van der Waals surface area contributed by atoms with E-state index in [-0.39, 0.29) is 16.7 Å². The van der Waals surface area contributed by atoms with E-state index in [1.54, 1.807) is 12.1 Å². The molecule has 1 unspecified atom stereocenters. The molecule has 104 valence electrons. The molecule has 1 heterocycles. The summed E-state index contributed by atoms with van der Waals surface area (Å²) in [6.45, 7) is 4.03. The molecule has 1 saturated heterocycles. The third-order valence-corrected chi connectivity index (χ3v) is 3.16. The first-order valence-electron chi connectivity index (χ1n) is 6.39. The Morgan fingerprint density at radius 2 is 2.42 bits per heavy atom. The summed E-state index contributed by atoms with van der Waals surface area (Å²) in [4.78, 5) is 12.5. The molecule has 2 rings (SSSR count). The number of benzene rings is 1. The van der Waals surface area contributed by atoms with Crippen molar-refractivity contribution >= 4 is 5.69 Å². The van der Waals surface area contributed by atoms with Crippen LogP contribution in [-0.2, 0) is 11.3 Å². The van der Waals surface area contributed by atoms with Gasteiger partial charge in [0.1, 0.15) is 0 Å². The molecule has 1 atom stereocenters. The lowest BCUT2D eigenvalue weighted by atomic mass is 10.2. The smallest absolute Gasteiger partial charge is 0.269 e. The summed E-state index contributed by atoms with van der Waals surface area (Å²) in [5, 5.41) is 14.0. The van der Waals surface area contributed by atoms with Gasteiger partial charge >= 0.3 is 0 Å². The molecule has 1 fully saturated rings. The van der Waals surface area contributed by atoms with Crippen LogP contribution >= 0.6 is 0 Å². The number of hydrogen-bond acceptors (Lipinski definition) is 5. The maximum atomic E-state index is 10.7. The predicted molar refractivity (Wildman–Crippen MR) is 72.0 cm³/mol. The molecule has 0 aliphatic carbocycles. The highest BCUT2D eigenvalue weighted by Gasteiger charge is 2.16. The number of rotatable bonds is 5. The average Bonchev–Trinajstić information content (AvgIpc) is 2.39. The molecule has 1 aliphatic rings. The Labute approximate surface area is 112 Å². The number of likely N-dealkylation sites (N-methyl/N-ethyl adjacent to an activating group) is 1. The molecular formula is C13H19N3O3. The van der Waals surface area contributed by atoms with E-state index in [9.17, 15) is 10.1 Å². The van der Waals surface area contributed by atoms with Crippen molar-refractivity contribution in [3.05, 3.63) is 39.9 Å². The number of hydrogen-bond donors (Lipinski definition) is 1. The van der Waals surface area contributed by atoms with Crippen molar-refractivity contribution in [2.45, 2.75) is 12.6 Å². The Morgan fingerprint density at radius 3 is 3.16 bits per heavy atom. The van der Waals surface area contributed by atoms with Gasteiger partial charge in [-0.1, -0.05) is 12.1 Å². The van der Waals surface area contributed by atoms with Crippen molar-refractivity contribution in [3.63, 3.8) is 0 Å². The van der Waals surface area contributed by atoms with Crippen molar-refractivity contribution in [3.8, 4) is 0 Å². The van der Waals surface area contributed by atoms with Gasteiger partial charge in [-0.05, 0) is 12.6 Å². The zero-order chi connectivity index (χ0) is 13.7. The van der Waals surface area contributed by atoms with Crippen molar-refractivity contribution in [1.29, 1.82) is 0 Å². The van der Waals surface area contributed by atoms with E-state index in [1.807, 2.05) is 6.07 Å². The second-order valence-electron chi connectivity index (χ2n) is 4.81. The number of nitrogens with zero attached hydrogens (tertiary/aromatic N) is 2. The minimum atomic E-state index is -0.372. The molecule has 1 aromatic rings. The lowest BCUT2D eigenvalue weighted by molar-refractivity contribution is -0.384. The minimum absolute atomic E-state index is 0.132. The summed E-state index contributed by atoms with van der Waals surface area (Å²) in [5.41, 5.74) is 1.05. The van der Waals surface area contributed by atoms with Gasteiger partial charge in [-0.3, -0.25) is 10.1 Å². The Balaban J connectivity index is 1.79.